The van der Waals surface area contributed by atoms with E-state index in [-0.39, 0.29) is 29.4 Å². The second-order valence-electron chi connectivity index (χ2n) is 7.83. The Kier molecular flexibility index (Phi) is 6.50. The normalized spacial score (nSPS) is 19.8. The monoisotopic (exact) mass is 478 g/mol. The van der Waals surface area contributed by atoms with E-state index in [1.807, 2.05) is 18.2 Å². The molecule has 0 bridgehead atoms. The molecule has 2 aromatic rings. The predicted molar refractivity (Wildman–Crippen MR) is 125 cm³/mol. The number of nitrogens with one attached hydrogen (secondary N) is 2. The van der Waals surface area contributed by atoms with Crippen LogP contribution in [0.25, 0.3) is 6.08 Å². The van der Waals surface area contributed by atoms with E-state index >= 15 is 0 Å². The molecule has 0 saturated carbocycles. The van der Waals surface area contributed by atoms with Gasteiger partial charge in [-0.15, -0.1) is 11.3 Å². The molecule has 1 atom stereocenters. The van der Waals surface area contributed by atoms with Crippen LogP contribution in [0, 0.1) is 0 Å². The molecule has 6 nitrogen and oxygen atoms in total. The quantitative estimate of drug-likeness (QED) is 0.638. The summed E-state index contributed by atoms with van der Waals surface area (Å²) in [4.78, 5) is 26.8. The van der Waals surface area contributed by atoms with Crippen LogP contribution in [0.1, 0.15) is 45.6 Å². The molecule has 9 heteroatoms. The molecule has 1 aromatic heterocycles. The van der Waals surface area contributed by atoms with E-state index in [0.29, 0.717) is 22.0 Å². The van der Waals surface area contributed by atoms with Crippen molar-refractivity contribution < 1.29 is 18.0 Å². The first-order valence-electron chi connectivity index (χ1n) is 10.2. The lowest BCUT2D eigenvalue weighted by Gasteiger charge is -2.15. The van der Waals surface area contributed by atoms with Gasteiger partial charge in [-0.3, -0.25) is 9.59 Å². The molecule has 1 aliphatic carbocycles. The predicted octanol–water partition coefficient (Wildman–Crippen LogP) is 3.85. The lowest BCUT2D eigenvalue weighted by Crippen LogP contribution is -2.36. The molecule has 0 spiro atoms. The number of fused-ring (bicyclic) bond motifs is 1. The van der Waals surface area contributed by atoms with Crippen molar-refractivity contribution in [2.75, 3.05) is 16.8 Å². The summed E-state index contributed by atoms with van der Waals surface area (Å²) in [5, 5.41) is 6.78. The number of thiophene rings is 1. The van der Waals surface area contributed by atoms with Crippen molar-refractivity contribution in [1.82, 2.24) is 5.32 Å². The van der Waals surface area contributed by atoms with E-state index in [4.69, 9.17) is 11.6 Å². The van der Waals surface area contributed by atoms with Crippen molar-refractivity contribution >= 4 is 55.7 Å². The van der Waals surface area contributed by atoms with Crippen molar-refractivity contribution in [3.8, 4) is 0 Å². The highest BCUT2D eigenvalue weighted by atomic mass is 35.5. The molecule has 1 aromatic carbocycles. The van der Waals surface area contributed by atoms with Gasteiger partial charge in [0.25, 0.3) is 5.91 Å². The van der Waals surface area contributed by atoms with Crippen molar-refractivity contribution in [1.29, 1.82) is 0 Å². The smallest absolute Gasteiger partial charge is 0.254 e. The molecule has 1 aliphatic heterocycles. The SMILES string of the molecule is O=C(/C=C/c1ccccc1Cl)Nc1sc2c(c1C(=O)N[C@@H]1CCS(=O)(=O)C1)CCCC2. The van der Waals surface area contributed by atoms with E-state index in [9.17, 15) is 18.0 Å². The van der Waals surface area contributed by atoms with Crippen molar-refractivity contribution in [2.24, 2.45) is 0 Å². The minimum absolute atomic E-state index is 0.0344. The number of aryl methyl sites for hydroxylation is 1. The van der Waals surface area contributed by atoms with Crippen molar-refractivity contribution in [3.63, 3.8) is 0 Å². The average molecular weight is 479 g/mol. The van der Waals surface area contributed by atoms with E-state index in [1.165, 1.54) is 17.4 Å². The van der Waals surface area contributed by atoms with Crippen molar-refractivity contribution in [2.45, 2.75) is 38.1 Å². The van der Waals surface area contributed by atoms with Gasteiger partial charge in [-0.1, -0.05) is 29.8 Å². The minimum Gasteiger partial charge on any atom is -0.348 e. The maximum atomic E-state index is 13.1. The number of halogens is 1. The first kappa shape index (κ1) is 22.0. The number of hydrogen-bond acceptors (Lipinski definition) is 5. The maximum absolute atomic E-state index is 13.1. The first-order valence-corrected chi connectivity index (χ1v) is 13.2. The molecule has 2 amide bonds. The van der Waals surface area contributed by atoms with Crippen LogP contribution in [-0.2, 0) is 27.5 Å². The third-order valence-electron chi connectivity index (χ3n) is 5.52. The Balaban J connectivity index is 1.54. The molecular weight excluding hydrogens is 456 g/mol. The Labute approximate surface area is 190 Å². The van der Waals surface area contributed by atoms with Crippen LogP contribution in [0.15, 0.2) is 30.3 Å². The zero-order chi connectivity index (χ0) is 22.0. The molecule has 2 aliphatic rings. The number of amides is 2. The first-order chi connectivity index (χ1) is 14.8. The topological polar surface area (TPSA) is 92.3 Å². The van der Waals surface area contributed by atoms with Crippen LogP contribution in [0.2, 0.25) is 5.02 Å². The Morgan fingerprint density at radius 3 is 2.68 bits per heavy atom. The van der Waals surface area contributed by atoms with Gasteiger partial charge in [0, 0.05) is 22.0 Å². The van der Waals surface area contributed by atoms with Crippen LogP contribution in [0.5, 0.6) is 0 Å². The number of anilines is 1. The maximum Gasteiger partial charge on any atom is 0.254 e. The fourth-order valence-corrected chi connectivity index (χ4v) is 7.15. The van der Waals surface area contributed by atoms with Gasteiger partial charge in [-0.25, -0.2) is 8.42 Å². The molecule has 0 unspecified atom stereocenters. The van der Waals surface area contributed by atoms with E-state index in [0.717, 1.165) is 41.7 Å². The van der Waals surface area contributed by atoms with E-state index < -0.39 is 9.84 Å². The molecule has 1 fully saturated rings. The van der Waals surface area contributed by atoms with E-state index in [1.54, 1.807) is 12.1 Å². The summed E-state index contributed by atoms with van der Waals surface area (Å²) in [6, 6.07) is 6.82. The third-order valence-corrected chi connectivity index (χ3v) is 8.84. The molecule has 2 heterocycles. The van der Waals surface area contributed by atoms with Gasteiger partial charge in [0.05, 0.1) is 17.1 Å². The van der Waals surface area contributed by atoms with Crippen LogP contribution >= 0.6 is 22.9 Å². The summed E-state index contributed by atoms with van der Waals surface area (Å²) in [6.07, 6.45) is 7.14. The fourth-order valence-electron chi connectivity index (χ4n) is 3.99. The summed E-state index contributed by atoms with van der Waals surface area (Å²) in [5.41, 5.74) is 2.17. The van der Waals surface area contributed by atoms with Gasteiger partial charge in [0.2, 0.25) is 5.91 Å². The molecule has 0 radical (unpaired) electrons. The van der Waals surface area contributed by atoms with Gasteiger partial charge >= 0.3 is 0 Å². The summed E-state index contributed by atoms with van der Waals surface area (Å²) < 4.78 is 23.5. The van der Waals surface area contributed by atoms with Crippen LogP contribution in [-0.4, -0.2) is 37.8 Å². The Hall–Kier alpha value is -2.16. The lowest BCUT2D eigenvalue weighted by atomic mass is 9.95. The molecule has 164 valence electrons. The standard InChI is InChI=1S/C22H23ClN2O4S2/c23-17-7-3-1-5-14(17)9-10-19(26)25-22-20(16-6-2-4-8-18(16)30-22)21(27)24-15-11-12-31(28,29)13-15/h1,3,5,7,9-10,15H,2,4,6,8,11-13H2,(H,24,27)(H,25,26)/b10-9+/t15-/m1/s1. The minimum atomic E-state index is -3.10. The largest absolute Gasteiger partial charge is 0.348 e. The van der Waals surface area contributed by atoms with E-state index in [2.05, 4.69) is 10.6 Å². The van der Waals surface area contributed by atoms with Gasteiger partial charge in [-0.2, -0.15) is 0 Å². The number of hydrogen-bond donors (Lipinski definition) is 2. The highest BCUT2D eigenvalue weighted by molar-refractivity contribution is 7.91. The van der Waals surface area contributed by atoms with Gasteiger partial charge in [0.1, 0.15) is 5.00 Å². The number of sulfone groups is 1. The van der Waals surface area contributed by atoms with Gasteiger partial charge < -0.3 is 10.6 Å². The number of carbonyl (C=O) groups is 2. The van der Waals surface area contributed by atoms with Crippen molar-refractivity contribution in [3.05, 3.63) is 56.9 Å². The number of benzene rings is 1. The highest BCUT2D eigenvalue weighted by Crippen LogP contribution is 2.38. The summed E-state index contributed by atoms with van der Waals surface area (Å²) in [6.45, 7) is 0. The Morgan fingerprint density at radius 2 is 1.94 bits per heavy atom. The molecular formula is C22H23ClN2O4S2. The molecule has 4 rings (SSSR count). The molecule has 2 N–H and O–H groups in total. The zero-order valence-electron chi connectivity index (χ0n) is 16.8. The number of rotatable bonds is 5. The summed E-state index contributed by atoms with van der Waals surface area (Å²) in [7, 11) is -3.10. The summed E-state index contributed by atoms with van der Waals surface area (Å²) >= 11 is 7.56. The van der Waals surface area contributed by atoms with Crippen LogP contribution < -0.4 is 10.6 Å². The Morgan fingerprint density at radius 1 is 1.16 bits per heavy atom. The Bertz CT molecular complexity index is 1150. The highest BCUT2D eigenvalue weighted by Gasteiger charge is 2.32. The fraction of sp³-hybridized carbons (Fsp3) is 0.364. The van der Waals surface area contributed by atoms with Gasteiger partial charge in [-0.05, 0) is 55.4 Å². The number of carbonyl (C=O) groups excluding carboxylic acids is 2. The third kappa shape index (κ3) is 5.19. The lowest BCUT2D eigenvalue weighted by molar-refractivity contribution is -0.111. The summed E-state index contributed by atoms with van der Waals surface area (Å²) in [5.74, 6) is -0.605. The molecule has 1 saturated heterocycles. The average Bonchev–Trinajstić information content (AvgIpc) is 3.26. The second-order valence-corrected chi connectivity index (χ2v) is 11.6. The van der Waals surface area contributed by atoms with Gasteiger partial charge in [0.15, 0.2) is 9.84 Å². The second kappa shape index (κ2) is 9.14. The zero-order valence-corrected chi connectivity index (χ0v) is 19.2. The van der Waals surface area contributed by atoms with Crippen LogP contribution in [0.4, 0.5) is 5.00 Å². The van der Waals surface area contributed by atoms with Crippen LogP contribution in [0.3, 0.4) is 0 Å². The molecule has 31 heavy (non-hydrogen) atoms.